The van der Waals surface area contributed by atoms with Gasteiger partial charge in [-0.15, -0.1) is 0 Å². The van der Waals surface area contributed by atoms with Gasteiger partial charge in [-0.05, 0) is 44.0 Å². The molecule has 1 saturated heterocycles. The van der Waals surface area contributed by atoms with E-state index in [0.29, 0.717) is 13.0 Å². The van der Waals surface area contributed by atoms with Crippen LogP contribution < -0.4 is 0 Å². The van der Waals surface area contributed by atoms with E-state index < -0.39 is 0 Å². The fourth-order valence-corrected chi connectivity index (χ4v) is 2.14. The Labute approximate surface area is 95.7 Å². The summed E-state index contributed by atoms with van der Waals surface area (Å²) >= 11 is 0. The highest BCUT2D eigenvalue weighted by atomic mass is 16.3. The Morgan fingerprint density at radius 2 is 2.12 bits per heavy atom. The van der Waals surface area contributed by atoms with Gasteiger partial charge >= 0.3 is 0 Å². The van der Waals surface area contributed by atoms with Gasteiger partial charge in [-0.1, -0.05) is 6.07 Å². The van der Waals surface area contributed by atoms with Crippen LogP contribution in [0.4, 0.5) is 0 Å². The monoisotopic (exact) mass is 219 g/mol. The van der Waals surface area contributed by atoms with Gasteiger partial charge in [0.2, 0.25) is 5.91 Å². The molecule has 1 heterocycles. The van der Waals surface area contributed by atoms with Crippen molar-refractivity contribution in [1.82, 2.24) is 4.90 Å². The van der Waals surface area contributed by atoms with Crippen molar-refractivity contribution in [3.63, 3.8) is 0 Å². The molecule has 0 aliphatic carbocycles. The number of β-lactam (4-membered cyclic amide) rings is 1. The smallest absolute Gasteiger partial charge is 0.225 e. The van der Waals surface area contributed by atoms with E-state index >= 15 is 0 Å². The summed E-state index contributed by atoms with van der Waals surface area (Å²) in [6.45, 7) is 6.73. The van der Waals surface area contributed by atoms with Crippen LogP contribution in [0.5, 0.6) is 5.75 Å². The van der Waals surface area contributed by atoms with Gasteiger partial charge < -0.3 is 10.0 Å². The van der Waals surface area contributed by atoms with Gasteiger partial charge in [0.25, 0.3) is 0 Å². The maximum absolute atomic E-state index is 11.5. The Balaban J connectivity index is 2.18. The second kappa shape index (κ2) is 3.51. The molecular formula is C13H17NO2. The molecule has 16 heavy (non-hydrogen) atoms. The number of likely N-dealkylation sites (tertiary alicyclic amines) is 1. The van der Waals surface area contributed by atoms with Gasteiger partial charge in [-0.2, -0.15) is 0 Å². The zero-order valence-electron chi connectivity index (χ0n) is 9.95. The van der Waals surface area contributed by atoms with Crippen LogP contribution in [0.1, 0.15) is 31.4 Å². The quantitative estimate of drug-likeness (QED) is 0.775. The number of hydrogen-bond acceptors (Lipinski definition) is 2. The summed E-state index contributed by atoms with van der Waals surface area (Å²) in [7, 11) is 0. The van der Waals surface area contributed by atoms with E-state index in [1.54, 1.807) is 12.1 Å². The summed E-state index contributed by atoms with van der Waals surface area (Å²) in [4.78, 5) is 13.4. The van der Waals surface area contributed by atoms with Crippen molar-refractivity contribution in [2.45, 2.75) is 39.3 Å². The summed E-state index contributed by atoms with van der Waals surface area (Å²) in [5.74, 6) is 0.480. The molecule has 1 aromatic carbocycles. The van der Waals surface area contributed by atoms with Crippen LogP contribution in [0.3, 0.4) is 0 Å². The number of carbonyl (C=O) groups is 1. The summed E-state index contributed by atoms with van der Waals surface area (Å²) in [6, 6.07) is 5.28. The highest BCUT2D eigenvalue weighted by molar-refractivity contribution is 5.84. The van der Waals surface area contributed by atoms with Crippen molar-refractivity contribution in [1.29, 1.82) is 0 Å². The SMILES string of the molecule is Cc1cc(O)ccc1CN1C(=O)CC1(C)C. The molecule has 1 amide bonds. The number of amides is 1. The number of carbonyl (C=O) groups excluding carboxylic acids is 1. The summed E-state index contributed by atoms with van der Waals surface area (Å²) < 4.78 is 0. The lowest BCUT2D eigenvalue weighted by molar-refractivity contribution is -0.154. The van der Waals surface area contributed by atoms with Gasteiger partial charge in [-0.3, -0.25) is 4.79 Å². The maximum atomic E-state index is 11.5. The van der Waals surface area contributed by atoms with E-state index in [9.17, 15) is 9.90 Å². The molecule has 2 rings (SSSR count). The van der Waals surface area contributed by atoms with Crippen molar-refractivity contribution in [3.05, 3.63) is 29.3 Å². The van der Waals surface area contributed by atoms with Crippen molar-refractivity contribution >= 4 is 5.91 Å². The summed E-state index contributed by atoms with van der Waals surface area (Å²) in [6.07, 6.45) is 0.629. The number of nitrogens with zero attached hydrogens (tertiary/aromatic N) is 1. The number of hydrogen-bond donors (Lipinski definition) is 1. The number of rotatable bonds is 2. The van der Waals surface area contributed by atoms with E-state index in [-0.39, 0.29) is 17.2 Å². The second-order valence-corrected chi connectivity index (χ2v) is 5.08. The van der Waals surface area contributed by atoms with E-state index in [1.807, 2.05) is 17.9 Å². The van der Waals surface area contributed by atoms with E-state index in [1.165, 1.54) is 0 Å². The van der Waals surface area contributed by atoms with E-state index in [4.69, 9.17) is 0 Å². The zero-order valence-corrected chi connectivity index (χ0v) is 9.95. The molecular weight excluding hydrogens is 202 g/mol. The fraction of sp³-hybridized carbons (Fsp3) is 0.462. The first kappa shape index (κ1) is 11.0. The van der Waals surface area contributed by atoms with E-state index in [0.717, 1.165) is 11.1 Å². The van der Waals surface area contributed by atoms with Crippen LogP contribution in [0.25, 0.3) is 0 Å². The van der Waals surface area contributed by atoms with Crippen molar-refractivity contribution in [3.8, 4) is 5.75 Å². The predicted molar refractivity (Wildman–Crippen MR) is 62.1 cm³/mol. The first-order valence-electron chi connectivity index (χ1n) is 5.49. The summed E-state index contributed by atoms with van der Waals surface area (Å²) in [5, 5.41) is 9.32. The van der Waals surface area contributed by atoms with E-state index in [2.05, 4.69) is 13.8 Å². The minimum atomic E-state index is -0.0264. The molecule has 0 spiro atoms. The average Bonchev–Trinajstić information content (AvgIpc) is 2.15. The van der Waals surface area contributed by atoms with Gasteiger partial charge in [0, 0.05) is 18.5 Å². The van der Waals surface area contributed by atoms with Crippen molar-refractivity contribution in [2.24, 2.45) is 0 Å². The molecule has 1 aliphatic heterocycles. The Hall–Kier alpha value is -1.51. The standard InChI is InChI=1S/C13H17NO2/c1-9-6-11(15)5-4-10(9)8-14-12(16)7-13(14,2)3/h4-6,15H,7-8H2,1-3H3. The van der Waals surface area contributed by atoms with Crippen LogP contribution in [0, 0.1) is 6.92 Å². The highest BCUT2D eigenvalue weighted by Crippen LogP contribution is 2.33. The number of aryl methyl sites for hydroxylation is 1. The lowest BCUT2D eigenvalue weighted by atomic mass is 9.87. The number of phenols is 1. The lowest BCUT2D eigenvalue weighted by Crippen LogP contribution is -2.59. The zero-order chi connectivity index (χ0) is 11.9. The molecule has 3 heteroatoms. The molecule has 1 aliphatic rings. The molecule has 3 nitrogen and oxygen atoms in total. The molecule has 0 bridgehead atoms. The molecule has 0 atom stereocenters. The van der Waals surface area contributed by atoms with Gasteiger partial charge in [0.15, 0.2) is 0 Å². The number of phenolic OH excluding ortho intramolecular Hbond substituents is 1. The first-order valence-corrected chi connectivity index (χ1v) is 5.49. The van der Waals surface area contributed by atoms with Gasteiger partial charge in [-0.25, -0.2) is 0 Å². The van der Waals surface area contributed by atoms with Crippen LogP contribution in [0.15, 0.2) is 18.2 Å². The second-order valence-electron chi connectivity index (χ2n) is 5.08. The van der Waals surface area contributed by atoms with Crippen LogP contribution in [-0.4, -0.2) is 21.5 Å². The highest BCUT2D eigenvalue weighted by Gasteiger charge is 2.42. The largest absolute Gasteiger partial charge is 0.508 e. The Bertz CT molecular complexity index is 438. The Morgan fingerprint density at radius 1 is 1.44 bits per heavy atom. The molecule has 0 aromatic heterocycles. The van der Waals surface area contributed by atoms with Crippen LogP contribution >= 0.6 is 0 Å². The predicted octanol–water partition coefficient (Wildman–Crippen LogP) is 2.21. The molecule has 0 unspecified atom stereocenters. The molecule has 0 radical (unpaired) electrons. The van der Waals surface area contributed by atoms with Crippen LogP contribution in [0.2, 0.25) is 0 Å². The normalized spacial score (nSPS) is 18.4. The maximum Gasteiger partial charge on any atom is 0.225 e. The molecule has 86 valence electrons. The third-order valence-corrected chi connectivity index (χ3v) is 3.27. The van der Waals surface area contributed by atoms with Gasteiger partial charge in [0.1, 0.15) is 5.75 Å². The number of benzene rings is 1. The van der Waals surface area contributed by atoms with Gasteiger partial charge in [0.05, 0.1) is 0 Å². The average molecular weight is 219 g/mol. The Kier molecular flexibility index (Phi) is 2.41. The fourth-order valence-electron chi connectivity index (χ4n) is 2.14. The van der Waals surface area contributed by atoms with Crippen molar-refractivity contribution in [2.75, 3.05) is 0 Å². The topological polar surface area (TPSA) is 40.5 Å². The Morgan fingerprint density at radius 3 is 2.62 bits per heavy atom. The third-order valence-electron chi connectivity index (χ3n) is 3.27. The van der Waals surface area contributed by atoms with Crippen molar-refractivity contribution < 1.29 is 9.90 Å². The molecule has 0 saturated carbocycles. The molecule has 1 N–H and O–H groups in total. The number of aromatic hydroxyl groups is 1. The molecule has 1 aromatic rings. The lowest BCUT2D eigenvalue weighted by Gasteiger charge is -2.48. The summed E-state index contributed by atoms with van der Waals surface area (Å²) in [5.41, 5.74) is 2.09. The third kappa shape index (κ3) is 1.77. The first-order chi connectivity index (χ1) is 7.40. The minimum absolute atomic E-state index is 0.0264. The minimum Gasteiger partial charge on any atom is -0.508 e. The molecule has 1 fully saturated rings. The van der Waals surface area contributed by atoms with Crippen LogP contribution in [-0.2, 0) is 11.3 Å².